The van der Waals surface area contributed by atoms with Crippen molar-refractivity contribution in [2.75, 3.05) is 40.4 Å². The number of fused-ring (bicyclic) bond motifs is 3. The molecule has 3 fully saturated rings. The van der Waals surface area contributed by atoms with Crippen LogP contribution in [0.5, 0.6) is 11.5 Å². The molecule has 3 aliphatic heterocycles. The third kappa shape index (κ3) is 8.97. The summed E-state index contributed by atoms with van der Waals surface area (Å²) in [5, 5.41) is 4.33. The van der Waals surface area contributed by atoms with Crippen molar-refractivity contribution in [3.8, 4) is 11.5 Å². The number of pyridine rings is 1. The highest BCUT2D eigenvalue weighted by molar-refractivity contribution is 7.12. The molecule has 0 amide bonds. The first-order valence-corrected chi connectivity index (χ1v) is 18.4. The molecule has 3 saturated heterocycles. The number of aromatic nitrogens is 1. The van der Waals surface area contributed by atoms with Crippen LogP contribution >= 0.6 is 34.5 Å². The van der Waals surface area contributed by atoms with Gasteiger partial charge in [-0.25, -0.2) is 9.78 Å². The molecule has 2 N–H and O–H groups in total. The SMILES string of the molecule is COc1ccc([C@H](Cc2c(Cl)c[nH+]cc2Cl)OC(=O)Cc2ccc(CCNC(C(=O)O[C@H]3CN4CCC3CC4)c3ccccc3)s2)cc1OC. The number of carbonyl (C=O) groups excluding carboxylic acids is 2. The average Bonchev–Trinajstić information content (AvgIpc) is 3.58. The highest BCUT2D eigenvalue weighted by atomic mass is 35.5. The molecule has 0 aliphatic carbocycles. The van der Waals surface area contributed by atoms with E-state index in [4.69, 9.17) is 42.1 Å². The van der Waals surface area contributed by atoms with Gasteiger partial charge in [0.15, 0.2) is 23.9 Å². The molecule has 2 aromatic heterocycles. The van der Waals surface area contributed by atoms with Gasteiger partial charge in [0.1, 0.15) is 28.3 Å². The van der Waals surface area contributed by atoms with Crippen LogP contribution in [0.1, 0.15) is 51.4 Å². The number of thiophene rings is 1. The average molecular weight is 740 g/mol. The van der Waals surface area contributed by atoms with Gasteiger partial charge in [-0.3, -0.25) is 9.69 Å². The summed E-state index contributed by atoms with van der Waals surface area (Å²) in [5.74, 6) is 0.908. The number of carbonyl (C=O) groups is 2. The summed E-state index contributed by atoms with van der Waals surface area (Å²) in [6.07, 6.45) is 5.77. The van der Waals surface area contributed by atoms with E-state index in [0.29, 0.717) is 51.6 Å². The Morgan fingerprint density at radius 1 is 0.940 bits per heavy atom. The largest absolute Gasteiger partial charge is 0.493 e. The first kappa shape index (κ1) is 36.1. The van der Waals surface area contributed by atoms with Crippen LogP contribution in [0.2, 0.25) is 10.0 Å². The monoisotopic (exact) mass is 738 g/mol. The molecule has 1 unspecified atom stereocenters. The van der Waals surface area contributed by atoms with Gasteiger partial charge in [0.25, 0.3) is 0 Å². The number of methoxy groups -OCH3 is 2. The maximum absolute atomic E-state index is 13.5. The number of hydrogen-bond donors (Lipinski definition) is 1. The molecule has 9 nitrogen and oxygen atoms in total. The smallest absolute Gasteiger partial charge is 0.328 e. The van der Waals surface area contributed by atoms with Crippen LogP contribution in [0.15, 0.2) is 73.1 Å². The molecule has 7 rings (SSSR count). The van der Waals surface area contributed by atoms with Crippen LogP contribution in [-0.2, 0) is 38.3 Å². The molecule has 2 bridgehead atoms. The Bertz CT molecular complexity index is 1740. The fourth-order valence-electron chi connectivity index (χ4n) is 6.72. The highest BCUT2D eigenvalue weighted by Crippen LogP contribution is 2.35. The molecular formula is C38H42Cl2N3O6S+. The summed E-state index contributed by atoms with van der Waals surface area (Å²) in [6, 6.07) is 18.5. The Morgan fingerprint density at radius 2 is 1.66 bits per heavy atom. The zero-order chi connectivity index (χ0) is 35.0. The first-order chi connectivity index (χ1) is 24.3. The Balaban J connectivity index is 1.08. The molecule has 264 valence electrons. The van der Waals surface area contributed by atoms with E-state index < -0.39 is 12.1 Å². The predicted molar refractivity (Wildman–Crippen MR) is 193 cm³/mol. The van der Waals surface area contributed by atoms with Crippen molar-refractivity contribution < 1.29 is 33.5 Å². The minimum atomic E-state index is -0.681. The van der Waals surface area contributed by atoms with Crippen molar-refractivity contribution in [3.63, 3.8) is 0 Å². The molecule has 12 heteroatoms. The van der Waals surface area contributed by atoms with Crippen molar-refractivity contribution in [2.24, 2.45) is 5.92 Å². The molecule has 4 aromatic rings. The van der Waals surface area contributed by atoms with Crippen LogP contribution in [0, 0.1) is 5.92 Å². The van der Waals surface area contributed by atoms with Gasteiger partial charge in [-0.2, -0.15) is 0 Å². The maximum Gasteiger partial charge on any atom is 0.328 e. The van der Waals surface area contributed by atoms with Crippen LogP contribution in [-0.4, -0.2) is 63.3 Å². The summed E-state index contributed by atoms with van der Waals surface area (Å²) in [5.41, 5.74) is 2.26. The normalized spacial score (nSPS) is 19.4. The number of rotatable bonds is 15. The van der Waals surface area contributed by atoms with Crippen LogP contribution in [0.3, 0.4) is 0 Å². The number of H-pyrrole nitrogens is 1. The Morgan fingerprint density at radius 3 is 2.34 bits per heavy atom. The predicted octanol–water partition coefficient (Wildman–Crippen LogP) is 6.47. The van der Waals surface area contributed by atoms with Gasteiger partial charge in [-0.05, 0) is 73.7 Å². The number of halogens is 2. The molecule has 0 saturated carbocycles. The second kappa shape index (κ2) is 17.0. The molecule has 0 spiro atoms. The van der Waals surface area contributed by atoms with Gasteiger partial charge in [0.05, 0.1) is 20.6 Å². The third-order valence-corrected chi connectivity index (χ3v) is 11.2. The fourth-order valence-corrected chi connectivity index (χ4v) is 8.25. The van der Waals surface area contributed by atoms with Crippen molar-refractivity contribution >= 4 is 46.5 Å². The lowest BCUT2D eigenvalue weighted by Gasteiger charge is -2.44. The lowest BCUT2D eigenvalue weighted by Crippen LogP contribution is -2.52. The van der Waals surface area contributed by atoms with Gasteiger partial charge >= 0.3 is 11.9 Å². The van der Waals surface area contributed by atoms with Crippen molar-refractivity contribution in [1.29, 1.82) is 0 Å². The van der Waals surface area contributed by atoms with Gasteiger partial charge < -0.3 is 24.3 Å². The number of benzene rings is 2. The van der Waals surface area contributed by atoms with E-state index in [1.165, 1.54) is 0 Å². The molecule has 3 atom stereocenters. The van der Waals surface area contributed by atoms with Crippen LogP contribution in [0.25, 0.3) is 0 Å². The molecule has 50 heavy (non-hydrogen) atoms. The van der Waals surface area contributed by atoms with E-state index in [-0.39, 0.29) is 30.9 Å². The van der Waals surface area contributed by atoms with E-state index in [2.05, 4.69) is 15.2 Å². The number of esters is 2. The Hall–Kier alpha value is -3.67. The molecular weight excluding hydrogens is 697 g/mol. The molecule has 5 heterocycles. The fraction of sp³-hybridized carbons (Fsp3) is 0.395. The number of nitrogens with zero attached hydrogens (tertiary/aromatic N) is 1. The summed E-state index contributed by atoms with van der Waals surface area (Å²) in [7, 11) is 3.12. The quantitative estimate of drug-likeness (QED) is 0.139. The second-order valence-corrected chi connectivity index (χ2v) is 14.7. The van der Waals surface area contributed by atoms with E-state index in [9.17, 15) is 9.59 Å². The van der Waals surface area contributed by atoms with E-state index >= 15 is 0 Å². The summed E-state index contributed by atoms with van der Waals surface area (Å²) in [4.78, 5) is 34.1. The standard InChI is InChI=1S/C38H41Cl2N3O6S/c1-46-32-11-8-26(18-34(32)47-2)33(20-29-30(39)21-41-22-31(29)40)48-36(44)19-28-10-9-27(50-28)12-15-42-37(25-6-4-3-5-7-25)38(45)49-35-23-43-16-13-24(35)14-17-43/h3-11,18,21-22,24,33,35,37,42H,12-17,19-20,23H2,1-2H3/p+1/t33-,35-,37?/m0/s1. The summed E-state index contributed by atoms with van der Waals surface area (Å²) < 4.78 is 23.1. The van der Waals surface area contributed by atoms with Gasteiger partial charge in [-0.15, -0.1) is 11.3 Å². The van der Waals surface area contributed by atoms with E-state index in [1.54, 1.807) is 50.1 Å². The molecule has 0 radical (unpaired) electrons. The van der Waals surface area contributed by atoms with Crippen molar-refractivity contribution in [1.82, 2.24) is 10.2 Å². The Kier molecular flexibility index (Phi) is 12.3. The van der Waals surface area contributed by atoms with Gasteiger partial charge in [0.2, 0.25) is 0 Å². The third-order valence-electron chi connectivity index (χ3n) is 9.43. The number of aromatic amines is 1. The summed E-state index contributed by atoms with van der Waals surface area (Å²) in [6.45, 7) is 3.57. The number of piperidine rings is 3. The Labute approximate surface area is 306 Å². The van der Waals surface area contributed by atoms with Gasteiger partial charge in [-0.1, -0.05) is 59.6 Å². The lowest BCUT2D eigenvalue weighted by molar-refractivity contribution is -0.377. The zero-order valence-electron chi connectivity index (χ0n) is 28.2. The lowest BCUT2D eigenvalue weighted by atomic mass is 9.86. The summed E-state index contributed by atoms with van der Waals surface area (Å²) >= 11 is 14.5. The zero-order valence-corrected chi connectivity index (χ0v) is 30.5. The van der Waals surface area contributed by atoms with Crippen LogP contribution < -0.4 is 19.8 Å². The number of ether oxygens (including phenoxy) is 4. The topological polar surface area (TPSA) is 100 Å². The molecule has 2 aromatic carbocycles. The minimum absolute atomic E-state index is 0.0517. The van der Waals surface area contributed by atoms with Crippen LogP contribution in [0.4, 0.5) is 0 Å². The first-order valence-electron chi connectivity index (χ1n) is 16.9. The maximum atomic E-state index is 13.5. The van der Waals surface area contributed by atoms with E-state index in [0.717, 1.165) is 47.8 Å². The van der Waals surface area contributed by atoms with E-state index in [1.807, 2.05) is 48.5 Å². The number of hydrogen-bond acceptors (Lipinski definition) is 9. The highest BCUT2D eigenvalue weighted by Gasteiger charge is 2.38. The second-order valence-electron chi connectivity index (χ2n) is 12.6. The molecule has 3 aliphatic rings. The van der Waals surface area contributed by atoms with Crippen molar-refractivity contribution in [3.05, 3.63) is 110 Å². The van der Waals surface area contributed by atoms with Gasteiger partial charge in [0, 0.05) is 34.8 Å². The van der Waals surface area contributed by atoms with Crippen molar-refractivity contribution in [2.45, 2.75) is 50.4 Å². The minimum Gasteiger partial charge on any atom is -0.493 e. The number of nitrogens with one attached hydrogen (secondary N) is 2.